The standard InChI is InChI=1S/C19H21F4N5O3S/c1-18(10-32(30,31)28(2)17(24)27-18)13-7-12(4-5-14(13)20)26-16(29)15-6-3-11(9-25-15)8-19(21,22)23/h3-6,9,13H,7-8,10H2,1-2H3,(H2,24,27)(H,26,29)/t13?,18-/m0/s1. The quantitative estimate of drug-likeness (QED) is 0.646. The van der Waals surface area contributed by atoms with Crippen molar-refractivity contribution in [2.24, 2.45) is 16.6 Å². The van der Waals surface area contributed by atoms with E-state index in [0.29, 0.717) is 0 Å². The zero-order valence-electron chi connectivity index (χ0n) is 17.1. The summed E-state index contributed by atoms with van der Waals surface area (Å²) in [7, 11) is -2.56. The van der Waals surface area contributed by atoms with Crippen LogP contribution in [-0.2, 0) is 16.4 Å². The molecule has 1 aromatic heterocycles. The third-order valence-corrected chi connectivity index (χ3v) is 7.24. The molecule has 0 spiro atoms. The molecule has 2 heterocycles. The van der Waals surface area contributed by atoms with Crippen LogP contribution in [0.3, 0.4) is 0 Å². The molecule has 3 N–H and O–H groups in total. The third kappa shape index (κ3) is 5.09. The number of carbonyl (C=O) groups excluding carboxylic acids is 1. The molecule has 0 bridgehead atoms. The van der Waals surface area contributed by atoms with Crippen LogP contribution in [0.2, 0.25) is 0 Å². The van der Waals surface area contributed by atoms with Crippen LogP contribution in [0, 0.1) is 5.92 Å². The summed E-state index contributed by atoms with van der Waals surface area (Å²) in [5.41, 5.74) is 4.36. The largest absolute Gasteiger partial charge is 0.393 e. The number of hydrogen-bond donors (Lipinski definition) is 2. The summed E-state index contributed by atoms with van der Waals surface area (Å²) in [5.74, 6) is -3.07. The number of nitrogens with zero attached hydrogens (tertiary/aromatic N) is 3. The van der Waals surface area contributed by atoms with Crippen LogP contribution in [0.4, 0.5) is 17.6 Å². The molecule has 1 aliphatic carbocycles. The molecule has 0 aromatic carbocycles. The van der Waals surface area contributed by atoms with Crippen molar-refractivity contribution in [3.63, 3.8) is 0 Å². The van der Waals surface area contributed by atoms with Gasteiger partial charge in [0, 0.05) is 24.9 Å². The molecular weight excluding hydrogens is 454 g/mol. The lowest BCUT2D eigenvalue weighted by molar-refractivity contribution is -0.127. The van der Waals surface area contributed by atoms with Gasteiger partial charge in [-0.25, -0.2) is 22.1 Å². The van der Waals surface area contributed by atoms with Crippen molar-refractivity contribution in [2.75, 3.05) is 12.8 Å². The van der Waals surface area contributed by atoms with Gasteiger partial charge in [0.2, 0.25) is 16.0 Å². The summed E-state index contributed by atoms with van der Waals surface area (Å²) in [6.07, 6.45) is -2.26. The van der Waals surface area contributed by atoms with Crippen molar-refractivity contribution in [3.8, 4) is 0 Å². The summed E-state index contributed by atoms with van der Waals surface area (Å²) >= 11 is 0. The second kappa shape index (κ2) is 8.19. The van der Waals surface area contributed by atoms with Gasteiger partial charge in [-0.15, -0.1) is 0 Å². The Morgan fingerprint density at radius 3 is 2.59 bits per heavy atom. The van der Waals surface area contributed by atoms with E-state index in [9.17, 15) is 30.8 Å². The van der Waals surface area contributed by atoms with Gasteiger partial charge in [-0.3, -0.25) is 9.78 Å². The lowest BCUT2D eigenvalue weighted by Gasteiger charge is -2.40. The van der Waals surface area contributed by atoms with E-state index in [0.717, 1.165) is 28.7 Å². The number of guanidine groups is 1. The average molecular weight is 475 g/mol. The van der Waals surface area contributed by atoms with Crippen LogP contribution < -0.4 is 11.1 Å². The molecular formula is C19H21F4N5O3S. The first-order valence-electron chi connectivity index (χ1n) is 9.41. The predicted molar refractivity (Wildman–Crippen MR) is 108 cm³/mol. The Balaban J connectivity index is 1.75. The summed E-state index contributed by atoms with van der Waals surface area (Å²) < 4.78 is 77.6. The van der Waals surface area contributed by atoms with Crippen LogP contribution in [0.15, 0.2) is 47.0 Å². The van der Waals surface area contributed by atoms with Gasteiger partial charge < -0.3 is 11.1 Å². The van der Waals surface area contributed by atoms with Crippen LogP contribution in [0.1, 0.15) is 29.4 Å². The SMILES string of the molecule is CN1C(N)=N[C@](C)(C2CC(NC(=O)c3ccc(CC(F)(F)F)cn3)=CC=C2F)CS1(=O)=O. The minimum Gasteiger partial charge on any atom is -0.369 e. The van der Waals surface area contributed by atoms with Gasteiger partial charge in [0.05, 0.1) is 17.7 Å². The Kier molecular flexibility index (Phi) is 6.06. The highest BCUT2D eigenvalue weighted by Gasteiger charge is 2.46. The first kappa shape index (κ1) is 23.7. The molecule has 3 rings (SSSR count). The minimum absolute atomic E-state index is 0.0766. The Bertz CT molecular complexity index is 1110. The van der Waals surface area contributed by atoms with Crippen molar-refractivity contribution in [3.05, 3.63) is 53.3 Å². The lowest BCUT2D eigenvalue weighted by atomic mass is 9.81. The van der Waals surface area contributed by atoms with E-state index < -0.39 is 51.6 Å². The smallest absolute Gasteiger partial charge is 0.369 e. The summed E-state index contributed by atoms with van der Waals surface area (Å²) in [4.78, 5) is 20.4. The Morgan fingerprint density at radius 2 is 2.03 bits per heavy atom. The summed E-state index contributed by atoms with van der Waals surface area (Å²) in [6.45, 7) is 1.47. The number of nitrogens with one attached hydrogen (secondary N) is 1. The van der Waals surface area contributed by atoms with E-state index in [1.54, 1.807) is 0 Å². The van der Waals surface area contributed by atoms with E-state index >= 15 is 0 Å². The highest BCUT2D eigenvalue weighted by molar-refractivity contribution is 7.89. The Labute approximate surface area is 181 Å². The van der Waals surface area contributed by atoms with Crippen molar-refractivity contribution >= 4 is 21.9 Å². The van der Waals surface area contributed by atoms with Gasteiger partial charge in [-0.1, -0.05) is 6.07 Å². The number of nitrogens with two attached hydrogens (primary N) is 1. The molecule has 0 radical (unpaired) electrons. The van der Waals surface area contributed by atoms with Crippen molar-refractivity contribution in [1.82, 2.24) is 14.6 Å². The fourth-order valence-electron chi connectivity index (χ4n) is 3.55. The molecule has 32 heavy (non-hydrogen) atoms. The summed E-state index contributed by atoms with van der Waals surface area (Å²) in [6, 6.07) is 2.30. The van der Waals surface area contributed by atoms with Gasteiger partial charge in [0.1, 0.15) is 11.5 Å². The molecule has 1 aromatic rings. The van der Waals surface area contributed by atoms with Gasteiger partial charge in [0.25, 0.3) is 5.91 Å². The minimum atomic E-state index is -4.40. The maximum absolute atomic E-state index is 14.6. The molecule has 174 valence electrons. The topological polar surface area (TPSA) is 118 Å². The zero-order chi connectivity index (χ0) is 23.9. The number of hydrogen-bond acceptors (Lipinski definition) is 6. The molecule has 1 aliphatic heterocycles. The maximum atomic E-state index is 14.6. The van der Waals surface area contributed by atoms with E-state index in [1.807, 2.05) is 0 Å². The number of alkyl halides is 3. The monoisotopic (exact) mass is 475 g/mol. The van der Waals surface area contributed by atoms with Crippen LogP contribution in [0.5, 0.6) is 0 Å². The number of allylic oxidation sites excluding steroid dienone is 3. The number of aliphatic imine (C=N–C) groups is 1. The second-order valence-corrected chi connectivity index (χ2v) is 9.85. The van der Waals surface area contributed by atoms with E-state index in [4.69, 9.17) is 5.73 Å². The molecule has 1 amide bonds. The average Bonchev–Trinajstić information content (AvgIpc) is 2.66. The lowest BCUT2D eigenvalue weighted by Crippen LogP contribution is -2.54. The number of sulfonamides is 1. The second-order valence-electron chi connectivity index (χ2n) is 7.85. The fourth-order valence-corrected chi connectivity index (χ4v) is 5.07. The number of rotatable bonds is 4. The highest BCUT2D eigenvalue weighted by atomic mass is 32.2. The van der Waals surface area contributed by atoms with Crippen LogP contribution in [0.25, 0.3) is 0 Å². The predicted octanol–water partition coefficient (Wildman–Crippen LogP) is 2.02. The molecule has 2 aliphatic rings. The van der Waals surface area contributed by atoms with E-state index in [-0.39, 0.29) is 29.3 Å². The number of halogens is 4. The highest BCUT2D eigenvalue weighted by Crippen LogP contribution is 2.39. The number of carbonyl (C=O) groups is 1. The van der Waals surface area contributed by atoms with Crippen LogP contribution >= 0.6 is 0 Å². The third-order valence-electron chi connectivity index (χ3n) is 5.27. The molecule has 1 unspecified atom stereocenters. The number of amides is 1. The first-order chi connectivity index (χ1) is 14.7. The number of pyridine rings is 1. The maximum Gasteiger partial charge on any atom is 0.393 e. The molecule has 0 saturated heterocycles. The van der Waals surface area contributed by atoms with E-state index in [1.165, 1.54) is 20.0 Å². The molecule has 13 heteroatoms. The van der Waals surface area contributed by atoms with Crippen molar-refractivity contribution < 1.29 is 30.8 Å². The van der Waals surface area contributed by atoms with Crippen molar-refractivity contribution in [1.29, 1.82) is 0 Å². The first-order valence-corrected chi connectivity index (χ1v) is 11.0. The zero-order valence-corrected chi connectivity index (χ0v) is 18.0. The normalized spacial score (nSPS) is 25.5. The van der Waals surface area contributed by atoms with Gasteiger partial charge in [-0.05, 0) is 37.1 Å². The number of aromatic nitrogens is 1. The van der Waals surface area contributed by atoms with E-state index in [2.05, 4.69) is 15.3 Å². The fraction of sp³-hybridized carbons (Fsp3) is 0.421. The summed E-state index contributed by atoms with van der Waals surface area (Å²) in [5, 5.41) is 2.54. The molecule has 2 atom stereocenters. The molecule has 8 nitrogen and oxygen atoms in total. The van der Waals surface area contributed by atoms with Gasteiger partial charge in [-0.2, -0.15) is 13.2 Å². The van der Waals surface area contributed by atoms with Gasteiger partial charge in [0.15, 0.2) is 0 Å². The molecule has 0 saturated carbocycles. The molecule has 0 fully saturated rings. The van der Waals surface area contributed by atoms with Crippen LogP contribution in [-0.4, -0.2) is 54.1 Å². The Hall–Kier alpha value is -2.96. The van der Waals surface area contributed by atoms with Gasteiger partial charge >= 0.3 is 6.18 Å². The Morgan fingerprint density at radius 1 is 1.34 bits per heavy atom. The van der Waals surface area contributed by atoms with Crippen molar-refractivity contribution in [2.45, 2.75) is 31.5 Å².